The van der Waals surface area contributed by atoms with Crippen molar-refractivity contribution in [1.29, 1.82) is 0 Å². The number of nitrogens with zero attached hydrogens (tertiary/aromatic N) is 1. The molecule has 0 amide bonds. The fourth-order valence-electron chi connectivity index (χ4n) is 3.33. The Labute approximate surface area is 182 Å². The zero-order valence-corrected chi connectivity index (χ0v) is 17.5. The fourth-order valence-corrected chi connectivity index (χ4v) is 3.33. The molecule has 0 bridgehead atoms. The van der Waals surface area contributed by atoms with Crippen molar-refractivity contribution in [3.05, 3.63) is 113 Å². The van der Waals surface area contributed by atoms with Gasteiger partial charge in [0.2, 0.25) is 11.8 Å². The van der Waals surface area contributed by atoms with Gasteiger partial charge in [-0.1, -0.05) is 78.9 Å². The average Bonchev–Trinajstić information content (AvgIpc) is 2.83. The Kier molecular flexibility index (Phi) is 6.60. The maximum atomic E-state index is 9.48. The number of ether oxygens (including phenoxy) is 2. The van der Waals surface area contributed by atoms with Gasteiger partial charge in [0, 0.05) is 11.6 Å². The first-order valence-electron chi connectivity index (χ1n) is 10.3. The summed E-state index contributed by atoms with van der Waals surface area (Å²) < 4.78 is 12.0. The average molecular weight is 412 g/mol. The first-order valence-corrected chi connectivity index (χ1v) is 10.3. The molecular formula is C27H25NO3. The van der Waals surface area contributed by atoms with Gasteiger partial charge in [0.25, 0.3) is 0 Å². The molecule has 31 heavy (non-hydrogen) atoms. The number of hydrogen-bond acceptors (Lipinski definition) is 4. The molecule has 156 valence electrons. The molecule has 0 unspecified atom stereocenters. The minimum Gasteiger partial charge on any atom is -0.473 e. The van der Waals surface area contributed by atoms with Crippen molar-refractivity contribution in [3.8, 4) is 22.9 Å². The molecule has 0 aliphatic carbocycles. The number of pyridine rings is 1. The van der Waals surface area contributed by atoms with E-state index in [9.17, 15) is 5.11 Å². The van der Waals surface area contributed by atoms with Crippen molar-refractivity contribution >= 4 is 0 Å². The van der Waals surface area contributed by atoms with E-state index in [1.807, 2.05) is 97.9 Å². The van der Waals surface area contributed by atoms with Crippen LogP contribution in [-0.2, 0) is 19.8 Å². The molecule has 0 atom stereocenters. The van der Waals surface area contributed by atoms with Crippen LogP contribution in [0.1, 0.15) is 22.3 Å². The van der Waals surface area contributed by atoms with Crippen molar-refractivity contribution in [2.75, 3.05) is 0 Å². The molecule has 0 saturated carbocycles. The second-order valence-corrected chi connectivity index (χ2v) is 7.35. The molecular weight excluding hydrogens is 386 g/mol. The van der Waals surface area contributed by atoms with E-state index in [0.717, 1.165) is 33.4 Å². The van der Waals surface area contributed by atoms with Gasteiger partial charge in [-0.05, 0) is 40.8 Å². The highest BCUT2D eigenvalue weighted by Crippen LogP contribution is 2.32. The van der Waals surface area contributed by atoms with Gasteiger partial charge in [-0.3, -0.25) is 0 Å². The summed E-state index contributed by atoms with van der Waals surface area (Å²) in [5.41, 5.74) is 5.95. The zero-order valence-electron chi connectivity index (χ0n) is 17.5. The van der Waals surface area contributed by atoms with Crippen molar-refractivity contribution in [2.45, 2.75) is 26.7 Å². The highest BCUT2D eigenvalue weighted by atomic mass is 16.5. The number of aliphatic hydroxyl groups is 1. The molecule has 1 heterocycles. The molecule has 0 fully saturated rings. The number of rotatable bonds is 8. The number of aryl methyl sites for hydroxylation is 1. The Bertz CT molecular complexity index is 1130. The minimum atomic E-state index is 0.0218. The molecule has 1 aromatic heterocycles. The number of aliphatic hydroxyl groups excluding tert-OH is 1. The molecule has 4 aromatic rings. The lowest BCUT2D eigenvalue weighted by Gasteiger charge is -2.14. The number of benzene rings is 3. The summed E-state index contributed by atoms with van der Waals surface area (Å²) in [5.74, 6) is 1.03. The number of hydrogen-bond donors (Lipinski definition) is 1. The second-order valence-electron chi connectivity index (χ2n) is 7.35. The number of aromatic nitrogens is 1. The van der Waals surface area contributed by atoms with Crippen molar-refractivity contribution in [1.82, 2.24) is 4.98 Å². The van der Waals surface area contributed by atoms with E-state index in [0.29, 0.717) is 25.0 Å². The Balaban J connectivity index is 1.61. The fraction of sp³-hybridized carbons (Fsp3) is 0.148. The van der Waals surface area contributed by atoms with Crippen LogP contribution in [0.3, 0.4) is 0 Å². The molecule has 0 spiro atoms. The minimum absolute atomic E-state index is 0.0218. The molecule has 3 aromatic carbocycles. The van der Waals surface area contributed by atoms with Crippen molar-refractivity contribution < 1.29 is 14.6 Å². The van der Waals surface area contributed by atoms with Crippen molar-refractivity contribution in [3.63, 3.8) is 0 Å². The van der Waals surface area contributed by atoms with Gasteiger partial charge in [0.1, 0.15) is 13.2 Å². The van der Waals surface area contributed by atoms with E-state index < -0.39 is 0 Å². The third-order valence-electron chi connectivity index (χ3n) is 5.11. The predicted octanol–water partition coefficient (Wildman–Crippen LogP) is 5.71. The van der Waals surface area contributed by atoms with E-state index in [2.05, 4.69) is 4.98 Å². The third kappa shape index (κ3) is 5.30. The summed E-state index contributed by atoms with van der Waals surface area (Å²) in [6.45, 7) is 2.87. The summed E-state index contributed by atoms with van der Waals surface area (Å²) in [7, 11) is 0. The lowest BCUT2D eigenvalue weighted by atomic mass is 10.0. The first kappa shape index (κ1) is 20.6. The van der Waals surface area contributed by atoms with Gasteiger partial charge in [0.15, 0.2) is 0 Å². The maximum Gasteiger partial charge on any atom is 0.225 e. The lowest BCUT2D eigenvalue weighted by molar-refractivity contribution is 0.268. The Morgan fingerprint density at radius 1 is 0.742 bits per heavy atom. The highest BCUT2D eigenvalue weighted by Gasteiger charge is 2.12. The molecule has 0 aliphatic heterocycles. The monoisotopic (exact) mass is 411 g/mol. The van der Waals surface area contributed by atoms with Gasteiger partial charge >= 0.3 is 0 Å². The normalized spacial score (nSPS) is 10.6. The highest BCUT2D eigenvalue weighted by molar-refractivity contribution is 5.70. The van der Waals surface area contributed by atoms with Crippen LogP contribution in [-0.4, -0.2) is 10.1 Å². The predicted molar refractivity (Wildman–Crippen MR) is 122 cm³/mol. The largest absolute Gasteiger partial charge is 0.473 e. The summed E-state index contributed by atoms with van der Waals surface area (Å²) in [6, 6.07) is 29.8. The molecule has 4 nitrogen and oxygen atoms in total. The van der Waals surface area contributed by atoms with E-state index in [1.165, 1.54) is 0 Å². The topological polar surface area (TPSA) is 51.6 Å². The second kappa shape index (κ2) is 9.92. The SMILES string of the molecule is Cc1cc(-c2ccc(OCc3ccccc3)nc2OCc2ccccc2)ccc1CO. The lowest BCUT2D eigenvalue weighted by Crippen LogP contribution is -2.02. The smallest absolute Gasteiger partial charge is 0.225 e. The van der Waals surface area contributed by atoms with Crippen molar-refractivity contribution in [2.24, 2.45) is 0 Å². The van der Waals surface area contributed by atoms with Crippen LogP contribution < -0.4 is 9.47 Å². The van der Waals surface area contributed by atoms with Crippen LogP contribution in [0.15, 0.2) is 91.0 Å². The Morgan fingerprint density at radius 2 is 1.39 bits per heavy atom. The summed E-state index contributed by atoms with van der Waals surface area (Å²) >= 11 is 0. The van der Waals surface area contributed by atoms with Gasteiger partial charge in [0.05, 0.1) is 6.61 Å². The van der Waals surface area contributed by atoms with Crippen LogP contribution in [0.4, 0.5) is 0 Å². The maximum absolute atomic E-state index is 9.48. The van der Waals surface area contributed by atoms with Crippen LogP contribution in [0.25, 0.3) is 11.1 Å². The van der Waals surface area contributed by atoms with Gasteiger partial charge in [-0.15, -0.1) is 0 Å². The molecule has 1 N–H and O–H groups in total. The quantitative estimate of drug-likeness (QED) is 0.404. The molecule has 0 saturated heterocycles. The zero-order chi connectivity index (χ0) is 21.5. The van der Waals surface area contributed by atoms with Gasteiger partial charge in [-0.2, -0.15) is 4.98 Å². The first-order chi connectivity index (χ1) is 15.2. The van der Waals surface area contributed by atoms with Gasteiger partial charge < -0.3 is 14.6 Å². The van der Waals surface area contributed by atoms with Crippen LogP contribution in [0, 0.1) is 6.92 Å². The van der Waals surface area contributed by atoms with E-state index in [1.54, 1.807) is 0 Å². The summed E-state index contributed by atoms with van der Waals surface area (Å²) in [5, 5.41) is 9.48. The molecule has 0 radical (unpaired) electrons. The Morgan fingerprint density at radius 3 is 2.00 bits per heavy atom. The van der Waals surface area contributed by atoms with Crippen LogP contribution in [0.2, 0.25) is 0 Å². The van der Waals surface area contributed by atoms with Gasteiger partial charge in [-0.25, -0.2) is 0 Å². The van der Waals surface area contributed by atoms with Crippen LogP contribution in [0.5, 0.6) is 11.8 Å². The Hall–Kier alpha value is -3.63. The van der Waals surface area contributed by atoms with E-state index in [4.69, 9.17) is 9.47 Å². The summed E-state index contributed by atoms with van der Waals surface area (Å²) in [4.78, 5) is 4.66. The molecule has 4 heteroatoms. The summed E-state index contributed by atoms with van der Waals surface area (Å²) in [6.07, 6.45) is 0. The van der Waals surface area contributed by atoms with E-state index >= 15 is 0 Å². The standard InChI is InChI=1S/C27H25NO3/c1-20-16-23(12-13-24(20)17-29)25-14-15-26(30-18-21-8-4-2-5-9-21)28-27(25)31-19-22-10-6-3-7-11-22/h2-16,29H,17-19H2,1H3. The van der Waals surface area contributed by atoms with E-state index in [-0.39, 0.29) is 6.61 Å². The van der Waals surface area contributed by atoms with Crippen LogP contribution >= 0.6 is 0 Å². The molecule has 4 rings (SSSR count). The molecule has 0 aliphatic rings. The third-order valence-corrected chi connectivity index (χ3v) is 5.11.